The van der Waals surface area contributed by atoms with Crippen molar-refractivity contribution in [3.8, 4) is 0 Å². The van der Waals surface area contributed by atoms with Crippen molar-refractivity contribution in [2.24, 2.45) is 4.99 Å². The lowest BCUT2D eigenvalue weighted by atomic mass is 9.89. The van der Waals surface area contributed by atoms with Gasteiger partial charge in [-0.25, -0.2) is 0 Å². The Hall–Kier alpha value is -1.67. The highest BCUT2D eigenvalue weighted by Crippen LogP contribution is 2.28. The molecule has 1 aliphatic carbocycles. The minimum atomic E-state index is 0.526. The van der Waals surface area contributed by atoms with Crippen LogP contribution < -0.4 is 0 Å². The third-order valence-corrected chi connectivity index (χ3v) is 4.44. The molecule has 110 valence electrons. The molecule has 1 atom stereocenters. The first kappa shape index (κ1) is 14.3. The summed E-state index contributed by atoms with van der Waals surface area (Å²) in [5, 5.41) is 0. The van der Waals surface area contributed by atoms with Gasteiger partial charge in [0.1, 0.15) is 0 Å². The fourth-order valence-corrected chi connectivity index (χ4v) is 3.28. The summed E-state index contributed by atoms with van der Waals surface area (Å²) in [6.45, 7) is 7.91. The van der Waals surface area contributed by atoms with Crippen LogP contribution in [0.3, 0.4) is 0 Å². The largest absolute Gasteiger partial charge is 0.299 e. The van der Waals surface area contributed by atoms with Crippen molar-refractivity contribution in [3.63, 3.8) is 0 Å². The van der Waals surface area contributed by atoms with Crippen LogP contribution in [-0.2, 0) is 6.54 Å². The molecule has 1 saturated heterocycles. The Kier molecular flexibility index (Phi) is 4.66. The highest BCUT2D eigenvalue weighted by atomic mass is 15.1. The van der Waals surface area contributed by atoms with E-state index >= 15 is 0 Å². The van der Waals surface area contributed by atoms with Crippen LogP contribution in [0.4, 0.5) is 0 Å². The molecule has 1 unspecified atom stereocenters. The number of hydrogen-bond donors (Lipinski definition) is 0. The van der Waals surface area contributed by atoms with E-state index in [2.05, 4.69) is 59.1 Å². The molecule has 1 heterocycles. The van der Waals surface area contributed by atoms with Gasteiger partial charge in [0.25, 0.3) is 0 Å². The summed E-state index contributed by atoms with van der Waals surface area (Å²) < 4.78 is 0. The van der Waals surface area contributed by atoms with E-state index in [0.29, 0.717) is 12.5 Å². The van der Waals surface area contributed by atoms with Gasteiger partial charge in [0.15, 0.2) is 0 Å². The van der Waals surface area contributed by atoms with Gasteiger partial charge in [-0.3, -0.25) is 9.89 Å². The van der Waals surface area contributed by atoms with Gasteiger partial charge < -0.3 is 0 Å². The summed E-state index contributed by atoms with van der Waals surface area (Å²) >= 11 is 0. The van der Waals surface area contributed by atoms with Gasteiger partial charge in [-0.15, -0.1) is 0 Å². The van der Waals surface area contributed by atoms with Gasteiger partial charge in [0.05, 0.1) is 6.54 Å². The zero-order valence-corrected chi connectivity index (χ0v) is 12.7. The van der Waals surface area contributed by atoms with Gasteiger partial charge in [0, 0.05) is 12.5 Å². The second-order valence-electron chi connectivity index (χ2n) is 6.09. The van der Waals surface area contributed by atoms with Crippen molar-refractivity contribution >= 4 is 6.72 Å². The predicted molar refractivity (Wildman–Crippen MR) is 90.0 cm³/mol. The predicted octanol–water partition coefficient (Wildman–Crippen LogP) is 3.95. The minimum Gasteiger partial charge on any atom is -0.299 e. The van der Waals surface area contributed by atoms with Crippen LogP contribution in [0, 0.1) is 0 Å². The Morgan fingerprint density at radius 3 is 2.62 bits per heavy atom. The van der Waals surface area contributed by atoms with Crippen molar-refractivity contribution < 1.29 is 0 Å². The highest BCUT2D eigenvalue weighted by Gasteiger charge is 2.16. The summed E-state index contributed by atoms with van der Waals surface area (Å²) in [4.78, 5) is 6.51. The van der Waals surface area contributed by atoms with Crippen LogP contribution in [0.15, 0.2) is 53.1 Å². The van der Waals surface area contributed by atoms with Gasteiger partial charge in [-0.1, -0.05) is 42.5 Å². The number of rotatable bonds is 5. The minimum absolute atomic E-state index is 0.526. The molecule has 1 aromatic carbocycles. The normalized spacial score (nSPS) is 22.3. The molecule has 0 N–H and O–H groups in total. The zero-order valence-electron chi connectivity index (χ0n) is 12.7. The van der Waals surface area contributed by atoms with Gasteiger partial charge in [-0.05, 0) is 55.8 Å². The van der Waals surface area contributed by atoms with E-state index in [0.717, 1.165) is 13.0 Å². The van der Waals surface area contributed by atoms with Crippen molar-refractivity contribution in [3.05, 3.63) is 59.2 Å². The molecule has 2 heteroatoms. The van der Waals surface area contributed by atoms with E-state index in [1.54, 1.807) is 0 Å². The summed E-state index contributed by atoms with van der Waals surface area (Å²) in [6, 6.07) is 8.84. The average molecular weight is 280 g/mol. The van der Waals surface area contributed by atoms with Crippen molar-refractivity contribution in [2.75, 3.05) is 19.6 Å². The van der Waals surface area contributed by atoms with E-state index in [1.165, 1.54) is 42.6 Å². The second-order valence-corrected chi connectivity index (χ2v) is 6.09. The van der Waals surface area contributed by atoms with Gasteiger partial charge >= 0.3 is 0 Å². The van der Waals surface area contributed by atoms with E-state index < -0.39 is 0 Å². The summed E-state index contributed by atoms with van der Waals surface area (Å²) in [5.41, 5.74) is 4.12. The van der Waals surface area contributed by atoms with Gasteiger partial charge in [-0.2, -0.15) is 0 Å². The molecule has 2 aliphatic rings. The van der Waals surface area contributed by atoms with E-state index in [4.69, 9.17) is 0 Å². The van der Waals surface area contributed by atoms with Crippen LogP contribution in [-0.4, -0.2) is 31.3 Å². The number of aliphatic imine (C=N–C) groups is 1. The van der Waals surface area contributed by atoms with Crippen LogP contribution in [0.25, 0.3) is 0 Å². The molecule has 0 bridgehead atoms. The molecule has 21 heavy (non-hydrogen) atoms. The number of benzene rings is 1. The topological polar surface area (TPSA) is 15.6 Å². The Balaban J connectivity index is 1.68. The maximum Gasteiger partial charge on any atom is 0.0632 e. The summed E-state index contributed by atoms with van der Waals surface area (Å²) in [7, 11) is 0. The number of hydrogen-bond acceptors (Lipinski definition) is 2. The zero-order chi connectivity index (χ0) is 14.5. The molecule has 0 spiro atoms. The quantitative estimate of drug-likeness (QED) is 0.746. The monoisotopic (exact) mass is 280 g/mol. The first-order chi connectivity index (χ1) is 10.3. The molecular formula is C19H24N2. The molecule has 0 amide bonds. The number of allylic oxidation sites excluding steroid dienone is 2. The maximum atomic E-state index is 3.94. The SMILES string of the molecule is C=NCc1ccc(C2C=C(CN3CCCC3)C=CC2)cc1. The third kappa shape index (κ3) is 3.70. The van der Waals surface area contributed by atoms with Crippen molar-refractivity contribution in [2.45, 2.75) is 31.7 Å². The van der Waals surface area contributed by atoms with Crippen molar-refractivity contribution in [1.29, 1.82) is 0 Å². The third-order valence-electron chi connectivity index (χ3n) is 4.44. The van der Waals surface area contributed by atoms with E-state index in [-0.39, 0.29) is 0 Å². The lowest BCUT2D eigenvalue weighted by Crippen LogP contribution is -2.22. The second kappa shape index (κ2) is 6.86. The fourth-order valence-electron chi connectivity index (χ4n) is 3.28. The fraction of sp³-hybridized carbons (Fsp3) is 0.421. The lowest BCUT2D eigenvalue weighted by molar-refractivity contribution is 0.370. The first-order valence-corrected chi connectivity index (χ1v) is 7.96. The Morgan fingerprint density at radius 2 is 1.90 bits per heavy atom. The number of nitrogens with zero attached hydrogens (tertiary/aromatic N) is 2. The van der Waals surface area contributed by atoms with Crippen LogP contribution in [0.1, 0.15) is 36.3 Å². The molecule has 1 fully saturated rings. The average Bonchev–Trinajstić information content (AvgIpc) is 3.02. The van der Waals surface area contributed by atoms with Crippen molar-refractivity contribution in [1.82, 2.24) is 4.90 Å². The molecular weight excluding hydrogens is 256 g/mol. The standard InChI is InChI=1S/C19H24N2/c1-20-14-16-7-9-18(10-8-16)19-6-4-5-17(13-19)15-21-11-2-3-12-21/h4-5,7-10,13,19H,1-3,6,11-12,14-15H2. The highest BCUT2D eigenvalue weighted by molar-refractivity contribution is 5.36. The first-order valence-electron chi connectivity index (χ1n) is 7.96. The molecule has 2 nitrogen and oxygen atoms in total. The molecule has 0 aromatic heterocycles. The smallest absolute Gasteiger partial charge is 0.0632 e. The van der Waals surface area contributed by atoms with E-state index in [1.807, 2.05) is 0 Å². The molecule has 3 rings (SSSR count). The molecule has 1 aromatic rings. The lowest BCUT2D eigenvalue weighted by Gasteiger charge is -2.21. The van der Waals surface area contributed by atoms with E-state index in [9.17, 15) is 0 Å². The maximum absolute atomic E-state index is 3.94. The Bertz CT molecular complexity index is 533. The molecule has 0 saturated carbocycles. The van der Waals surface area contributed by atoms with Crippen LogP contribution >= 0.6 is 0 Å². The van der Waals surface area contributed by atoms with Crippen LogP contribution in [0.2, 0.25) is 0 Å². The van der Waals surface area contributed by atoms with Crippen LogP contribution in [0.5, 0.6) is 0 Å². The van der Waals surface area contributed by atoms with Gasteiger partial charge in [0.2, 0.25) is 0 Å². The number of likely N-dealkylation sites (tertiary alicyclic amines) is 1. The summed E-state index contributed by atoms with van der Waals surface area (Å²) in [6.07, 6.45) is 10.9. The Labute approximate surface area is 127 Å². The molecule has 0 radical (unpaired) electrons. The molecule has 1 aliphatic heterocycles. The summed E-state index contributed by atoms with van der Waals surface area (Å²) in [5.74, 6) is 0.526. The Morgan fingerprint density at radius 1 is 1.14 bits per heavy atom.